The van der Waals surface area contributed by atoms with Crippen LogP contribution >= 0.6 is 0 Å². The van der Waals surface area contributed by atoms with Crippen molar-refractivity contribution in [3.05, 3.63) is 83.9 Å². The van der Waals surface area contributed by atoms with E-state index in [2.05, 4.69) is 15.3 Å². The molecule has 1 amide bonds. The Hall–Kier alpha value is -3.34. The molecule has 1 aromatic carbocycles. The minimum atomic E-state index is -0.188. The Morgan fingerprint density at radius 3 is 2.28 bits per heavy atom. The molecule has 1 N–H and O–H groups in total. The highest BCUT2D eigenvalue weighted by Crippen LogP contribution is 2.20. The highest BCUT2D eigenvalue weighted by molar-refractivity contribution is 5.96. The first-order chi connectivity index (χ1) is 12.1. The van der Waals surface area contributed by atoms with Gasteiger partial charge in [-0.3, -0.25) is 19.6 Å². The van der Waals surface area contributed by atoms with E-state index in [-0.39, 0.29) is 11.7 Å². The van der Waals surface area contributed by atoms with Crippen LogP contribution in [0.1, 0.15) is 33.2 Å². The van der Waals surface area contributed by atoms with E-state index in [0.29, 0.717) is 17.7 Å². The number of rotatable bonds is 5. The molecule has 0 saturated heterocycles. The zero-order chi connectivity index (χ0) is 17.6. The molecular weight excluding hydrogens is 314 g/mol. The molecular formula is C20H17N3O2. The maximum atomic E-state index is 12.3. The zero-order valence-corrected chi connectivity index (χ0v) is 13.8. The smallest absolute Gasteiger partial charge is 0.253 e. The number of ketones is 1. The molecule has 0 spiro atoms. The van der Waals surface area contributed by atoms with Crippen LogP contribution in [0.25, 0.3) is 11.1 Å². The SMILES string of the molecule is CC(=O)c1ccc(-c2cncc(C(=O)NCc3ccncc3)c2)cc1. The van der Waals surface area contributed by atoms with Crippen molar-refractivity contribution in [2.75, 3.05) is 0 Å². The lowest BCUT2D eigenvalue weighted by molar-refractivity contribution is 0.0949. The molecule has 2 heterocycles. The van der Waals surface area contributed by atoms with E-state index >= 15 is 0 Å². The van der Waals surface area contributed by atoms with Gasteiger partial charge in [0, 0.05) is 42.5 Å². The second-order valence-electron chi connectivity index (χ2n) is 5.63. The summed E-state index contributed by atoms with van der Waals surface area (Å²) >= 11 is 0. The summed E-state index contributed by atoms with van der Waals surface area (Å²) < 4.78 is 0. The van der Waals surface area contributed by atoms with Crippen molar-refractivity contribution < 1.29 is 9.59 Å². The van der Waals surface area contributed by atoms with Gasteiger partial charge in [0.15, 0.2) is 5.78 Å². The third kappa shape index (κ3) is 4.14. The van der Waals surface area contributed by atoms with E-state index < -0.39 is 0 Å². The molecule has 0 aliphatic carbocycles. The standard InChI is InChI=1S/C20H17N3O2/c1-14(24)16-2-4-17(5-3-16)18-10-19(13-22-12-18)20(25)23-11-15-6-8-21-9-7-15/h2-10,12-13H,11H2,1H3,(H,23,25). The number of hydrogen-bond acceptors (Lipinski definition) is 4. The molecule has 0 bridgehead atoms. The first kappa shape index (κ1) is 16.5. The van der Waals surface area contributed by atoms with Crippen molar-refractivity contribution in [2.24, 2.45) is 0 Å². The molecule has 0 radical (unpaired) electrons. The van der Waals surface area contributed by atoms with Crippen LogP contribution in [-0.4, -0.2) is 21.7 Å². The molecule has 3 rings (SSSR count). The number of Topliss-reactive ketones (excluding diaryl/α,β-unsaturated/α-hetero) is 1. The second kappa shape index (κ2) is 7.49. The highest BCUT2D eigenvalue weighted by Gasteiger charge is 2.08. The fourth-order valence-electron chi connectivity index (χ4n) is 2.40. The van der Waals surface area contributed by atoms with Crippen molar-refractivity contribution in [3.63, 3.8) is 0 Å². The normalized spacial score (nSPS) is 10.3. The lowest BCUT2D eigenvalue weighted by atomic mass is 10.0. The molecule has 0 aliphatic rings. The highest BCUT2D eigenvalue weighted by atomic mass is 16.1. The molecule has 0 aliphatic heterocycles. The summed E-state index contributed by atoms with van der Waals surface area (Å²) in [4.78, 5) is 31.8. The minimum absolute atomic E-state index is 0.0221. The van der Waals surface area contributed by atoms with Gasteiger partial charge >= 0.3 is 0 Å². The number of amides is 1. The van der Waals surface area contributed by atoms with Crippen LogP contribution in [0.2, 0.25) is 0 Å². The Morgan fingerprint density at radius 1 is 0.880 bits per heavy atom. The van der Waals surface area contributed by atoms with Crippen LogP contribution in [0, 0.1) is 0 Å². The van der Waals surface area contributed by atoms with Gasteiger partial charge in [-0.2, -0.15) is 0 Å². The van der Waals surface area contributed by atoms with Crippen LogP contribution in [0.5, 0.6) is 0 Å². The van der Waals surface area contributed by atoms with Crippen molar-refractivity contribution in [1.82, 2.24) is 15.3 Å². The monoisotopic (exact) mass is 331 g/mol. The number of hydrogen-bond donors (Lipinski definition) is 1. The summed E-state index contributed by atoms with van der Waals surface area (Å²) in [7, 11) is 0. The molecule has 0 unspecified atom stereocenters. The van der Waals surface area contributed by atoms with Gasteiger partial charge in [0.25, 0.3) is 5.91 Å². The largest absolute Gasteiger partial charge is 0.348 e. The number of pyridine rings is 2. The minimum Gasteiger partial charge on any atom is -0.348 e. The lowest BCUT2D eigenvalue weighted by Gasteiger charge is -2.07. The third-order valence-corrected chi connectivity index (χ3v) is 3.83. The number of benzene rings is 1. The maximum Gasteiger partial charge on any atom is 0.253 e. The van der Waals surface area contributed by atoms with E-state index in [0.717, 1.165) is 16.7 Å². The third-order valence-electron chi connectivity index (χ3n) is 3.83. The predicted molar refractivity (Wildman–Crippen MR) is 95.1 cm³/mol. The van der Waals surface area contributed by atoms with Gasteiger partial charge in [0.1, 0.15) is 0 Å². The van der Waals surface area contributed by atoms with Gasteiger partial charge in [0.05, 0.1) is 5.56 Å². The summed E-state index contributed by atoms with van der Waals surface area (Å²) in [5.74, 6) is -0.166. The van der Waals surface area contributed by atoms with E-state index in [1.807, 2.05) is 24.3 Å². The molecule has 124 valence electrons. The molecule has 3 aromatic rings. The Labute approximate surface area is 145 Å². The van der Waals surface area contributed by atoms with Crippen molar-refractivity contribution in [1.29, 1.82) is 0 Å². The lowest BCUT2D eigenvalue weighted by Crippen LogP contribution is -2.22. The van der Waals surface area contributed by atoms with Crippen molar-refractivity contribution >= 4 is 11.7 Å². The zero-order valence-electron chi connectivity index (χ0n) is 13.8. The number of carbonyl (C=O) groups excluding carboxylic acids is 2. The molecule has 25 heavy (non-hydrogen) atoms. The molecule has 0 saturated carbocycles. The van der Waals surface area contributed by atoms with Gasteiger partial charge in [-0.05, 0) is 36.2 Å². The second-order valence-corrected chi connectivity index (χ2v) is 5.63. The molecule has 0 atom stereocenters. The predicted octanol–water partition coefficient (Wildman–Crippen LogP) is 3.28. The van der Waals surface area contributed by atoms with Crippen molar-refractivity contribution in [3.8, 4) is 11.1 Å². The number of carbonyl (C=O) groups is 2. The van der Waals surface area contributed by atoms with Crippen LogP contribution < -0.4 is 5.32 Å². The summed E-state index contributed by atoms with van der Waals surface area (Å²) in [6.45, 7) is 1.96. The average Bonchev–Trinajstić information content (AvgIpc) is 2.67. The van der Waals surface area contributed by atoms with E-state index in [9.17, 15) is 9.59 Å². The quantitative estimate of drug-likeness (QED) is 0.728. The Kier molecular flexibility index (Phi) is 4.95. The Morgan fingerprint density at radius 2 is 1.60 bits per heavy atom. The van der Waals surface area contributed by atoms with Crippen LogP contribution in [-0.2, 0) is 6.54 Å². The van der Waals surface area contributed by atoms with E-state index in [1.54, 1.807) is 36.8 Å². The summed E-state index contributed by atoms with van der Waals surface area (Å²) in [5, 5.41) is 2.87. The van der Waals surface area contributed by atoms with Gasteiger partial charge < -0.3 is 5.32 Å². The average molecular weight is 331 g/mol. The van der Waals surface area contributed by atoms with E-state index in [4.69, 9.17) is 0 Å². The molecule has 5 heteroatoms. The number of nitrogens with zero attached hydrogens (tertiary/aromatic N) is 2. The summed E-state index contributed by atoms with van der Waals surface area (Å²) in [6, 6.07) is 12.7. The number of nitrogens with one attached hydrogen (secondary N) is 1. The summed E-state index contributed by atoms with van der Waals surface area (Å²) in [6.07, 6.45) is 6.61. The van der Waals surface area contributed by atoms with Crippen molar-refractivity contribution in [2.45, 2.75) is 13.5 Å². The maximum absolute atomic E-state index is 12.3. The first-order valence-corrected chi connectivity index (χ1v) is 7.87. The fraction of sp³-hybridized carbons (Fsp3) is 0.100. The van der Waals surface area contributed by atoms with Crippen LogP contribution in [0.4, 0.5) is 0 Å². The summed E-state index contributed by atoms with van der Waals surface area (Å²) in [5.41, 5.74) is 3.85. The number of aromatic nitrogens is 2. The van der Waals surface area contributed by atoms with Crippen LogP contribution in [0.3, 0.4) is 0 Å². The fourth-order valence-corrected chi connectivity index (χ4v) is 2.40. The molecule has 0 fully saturated rings. The van der Waals surface area contributed by atoms with Gasteiger partial charge in [-0.15, -0.1) is 0 Å². The van der Waals surface area contributed by atoms with Gasteiger partial charge in [-0.1, -0.05) is 24.3 Å². The van der Waals surface area contributed by atoms with Crippen LogP contribution in [0.15, 0.2) is 67.3 Å². The van der Waals surface area contributed by atoms with Gasteiger partial charge in [-0.25, -0.2) is 0 Å². The van der Waals surface area contributed by atoms with E-state index in [1.165, 1.54) is 13.1 Å². The Bertz CT molecular complexity index is 890. The molecule has 2 aromatic heterocycles. The topological polar surface area (TPSA) is 72.0 Å². The van der Waals surface area contributed by atoms with Gasteiger partial charge in [0.2, 0.25) is 0 Å². The Balaban J connectivity index is 1.74. The first-order valence-electron chi connectivity index (χ1n) is 7.87. The molecule has 5 nitrogen and oxygen atoms in total.